The van der Waals surface area contributed by atoms with Gasteiger partial charge >= 0.3 is 0 Å². The number of anilines is 1. The van der Waals surface area contributed by atoms with Crippen LogP contribution < -0.4 is 5.32 Å². The first kappa shape index (κ1) is 16.7. The largest absolute Gasteiger partial charge is 0.322 e. The molecule has 0 unspecified atom stereocenters. The molecule has 0 saturated heterocycles. The first-order chi connectivity index (χ1) is 12.0. The molecule has 0 aliphatic rings. The molecule has 126 valence electrons. The summed E-state index contributed by atoms with van der Waals surface area (Å²) in [5, 5.41) is 2.44. The van der Waals surface area contributed by atoms with E-state index in [2.05, 4.69) is 10.3 Å². The Labute approximate surface area is 142 Å². The van der Waals surface area contributed by atoms with Gasteiger partial charge in [0.1, 0.15) is 0 Å². The Hall–Kier alpha value is -3.15. The fourth-order valence-electron chi connectivity index (χ4n) is 2.42. The van der Waals surface area contributed by atoms with Crippen LogP contribution in [0.15, 0.2) is 60.7 Å². The van der Waals surface area contributed by atoms with Gasteiger partial charge in [0.2, 0.25) is 5.95 Å². The van der Waals surface area contributed by atoms with Crippen molar-refractivity contribution in [1.29, 1.82) is 0 Å². The van der Waals surface area contributed by atoms with E-state index in [1.807, 2.05) is 36.4 Å². The summed E-state index contributed by atoms with van der Waals surface area (Å²) >= 11 is 0. The minimum Gasteiger partial charge on any atom is -0.322 e. The lowest BCUT2D eigenvalue weighted by Gasteiger charge is -2.09. The Morgan fingerprint density at radius 3 is 2.40 bits per heavy atom. The number of rotatable bonds is 4. The second-order valence-electron chi connectivity index (χ2n) is 5.41. The van der Waals surface area contributed by atoms with Crippen molar-refractivity contribution in [2.75, 3.05) is 5.32 Å². The zero-order valence-electron chi connectivity index (χ0n) is 13.0. The Kier molecular flexibility index (Phi) is 4.79. The number of benzene rings is 2. The Morgan fingerprint density at radius 1 is 0.920 bits per heavy atom. The molecule has 25 heavy (non-hydrogen) atoms. The minimum atomic E-state index is -1.65. The van der Waals surface area contributed by atoms with Crippen molar-refractivity contribution in [1.82, 2.24) is 4.98 Å². The van der Waals surface area contributed by atoms with Gasteiger partial charge in [-0.1, -0.05) is 42.5 Å². The van der Waals surface area contributed by atoms with E-state index in [1.165, 1.54) is 0 Å². The zero-order chi connectivity index (χ0) is 17.8. The zero-order valence-corrected chi connectivity index (χ0v) is 13.0. The molecule has 3 aromatic rings. The molecule has 1 aromatic heterocycles. The van der Waals surface area contributed by atoms with Gasteiger partial charge in [-0.3, -0.25) is 4.79 Å². The molecule has 0 aliphatic carbocycles. The third-order valence-corrected chi connectivity index (χ3v) is 3.57. The average molecular weight is 342 g/mol. The lowest BCUT2D eigenvalue weighted by Crippen LogP contribution is -2.16. The summed E-state index contributed by atoms with van der Waals surface area (Å²) < 4.78 is 39.9. The first-order valence-corrected chi connectivity index (χ1v) is 7.48. The molecule has 1 amide bonds. The topological polar surface area (TPSA) is 42.0 Å². The van der Waals surface area contributed by atoms with Crippen molar-refractivity contribution >= 4 is 11.6 Å². The van der Waals surface area contributed by atoms with Crippen LogP contribution in [-0.4, -0.2) is 10.9 Å². The average Bonchev–Trinajstić information content (AvgIpc) is 2.59. The van der Waals surface area contributed by atoms with Gasteiger partial charge in [-0.05, 0) is 29.7 Å². The van der Waals surface area contributed by atoms with Crippen LogP contribution in [0.1, 0.15) is 21.5 Å². The molecule has 0 fully saturated rings. The van der Waals surface area contributed by atoms with Crippen molar-refractivity contribution in [3.63, 3.8) is 0 Å². The highest BCUT2D eigenvalue weighted by Crippen LogP contribution is 2.17. The highest BCUT2D eigenvalue weighted by atomic mass is 19.2. The first-order valence-electron chi connectivity index (χ1n) is 7.48. The van der Waals surface area contributed by atoms with Crippen molar-refractivity contribution in [2.45, 2.75) is 6.42 Å². The maximum absolute atomic E-state index is 13.6. The van der Waals surface area contributed by atoms with Gasteiger partial charge in [-0.25, -0.2) is 4.39 Å². The molecule has 3 rings (SSSR count). The Bertz CT molecular complexity index is 914. The SMILES string of the molecule is O=C(Nc1cccc(Cc2ccccc2)c1)c1cc(F)nc(F)c1F. The maximum Gasteiger partial charge on any atom is 0.258 e. The summed E-state index contributed by atoms with van der Waals surface area (Å²) in [5.74, 6) is -5.35. The van der Waals surface area contributed by atoms with Crippen LogP contribution in [0.2, 0.25) is 0 Å². The number of nitrogens with zero attached hydrogens (tertiary/aromatic N) is 1. The van der Waals surface area contributed by atoms with Crippen LogP contribution in [0.5, 0.6) is 0 Å². The normalized spacial score (nSPS) is 10.5. The van der Waals surface area contributed by atoms with Crippen LogP contribution in [0.4, 0.5) is 18.9 Å². The van der Waals surface area contributed by atoms with E-state index in [1.54, 1.807) is 18.2 Å². The highest BCUT2D eigenvalue weighted by Gasteiger charge is 2.19. The lowest BCUT2D eigenvalue weighted by atomic mass is 10.0. The van der Waals surface area contributed by atoms with Gasteiger partial charge in [-0.15, -0.1) is 0 Å². The van der Waals surface area contributed by atoms with Gasteiger partial charge in [0.05, 0.1) is 5.56 Å². The number of halogens is 3. The Morgan fingerprint density at radius 2 is 1.64 bits per heavy atom. The van der Waals surface area contributed by atoms with Crippen molar-refractivity contribution in [3.05, 3.63) is 95.1 Å². The van der Waals surface area contributed by atoms with E-state index in [0.717, 1.165) is 11.1 Å². The predicted octanol–water partition coefficient (Wildman–Crippen LogP) is 4.34. The standard InChI is InChI=1S/C19H13F3N2O/c20-16-11-15(17(21)18(22)24-16)19(25)23-14-8-4-7-13(10-14)9-12-5-2-1-3-6-12/h1-8,10-11H,9H2,(H,23,25). The number of aromatic nitrogens is 1. The molecule has 3 nitrogen and oxygen atoms in total. The number of hydrogen-bond acceptors (Lipinski definition) is 2. The summed E-state index contributed by atoms with van der Waals surface area (Å²) in [4.78, 5) is 14.8. The predicted molar refractivity (Wildman–Crippen MR) is 87.8 cm³/mol. The summed E-state index contributed by atoms with van der Waals surface area (Å²) in [6.45, 7) is 0. The monoisotopic (exact) mass is 342 g/mol. The molecule has 2 aromatic carbocycles. The number of amides is 1. The van der Waals surface area contributed by atoms with E-state index in [9.17, 15) is 18.0 Å². The summed E-state index contributed by atoms with van der Waals surface area (Å²) in [6.07, 6.45) is 0.650. The molecule has 0 bridgehead atoms. The summed E-state index contributed by atoms with van der Waals surface area (Å²) in [6, 6.07) is 17.2. The van der Waals surface area contributed by atoms with Crippen molar-refractivity contribution in [2.24, 2.45) is 0 Å². The highest BCUT2D eigenvalue weighted by molar-refractivity contribution is 6.04. The maximum atomic E-state index is 13.6. The third kappa shape index (κ3) is 4.03. The molecule has 1 N–H and O–H groups in total. The second-order valence-corrected chi connectivity index (χ2v) is 5.41. The van der Waals surface area contributed by atoms with Crippen LogP contribution in [0.25, 0.3) is 0 Å². The quantitative estimate of drug-likeness (QED) is 0.717. The van der Waals surface area contributed by atoms with E-state index in [4.69, 9.17) is 0 Å². The van der Waals surface area contributed by atoms with E-state index < -0.39 is 29.2 Å². The number of pyridine rings is 1. The lowest BCUT2D eigenvalue weighted by molar-refractivity contribution is 0.102. The van der Waals surface area contributed by atoms with Gasteiger partial charge in [0.25, 0.3) is 11.9 Å². The third-order valence-electron chi connectivity index (χ3n) is 3.57. The molecule has 0 aliphatic heterocycles. The van der Waals surface area contributed by atoms with Gasteiger partial charge in [-0.2, -0.15) is 13.8 Å². The summed E-state index contributed by atoms with van der Waals surface area (Å²) in [5.41, 5.74) is 1.68. The van der Waals surface area contributed by atoms with Gasteiger partial charge in [0, 0.05) is 11.8 Å². The van der Waals surface area contributed by atoms with E-state index >= 15 is 0 Å². The fraction of sp³-hybridized carbons (Fsp3) is 0.0526. The molecule has 0 saturated carbocycles. The van der Waals surface area contributed by atoms with Crippen LogP contribution in [0, 0.1) is 17.7 Å². The molecule has 1 heterocycles. The van der Waals surface area contributed by atoms with Crippen molar-refractivity contribution in [3.8, 4) is 0 Å². The van der Waals surface area contributed by atoms with Crippen LogP contribution in [-0.2, 0) is 6.42 Å². The van der Waals surface area contributed by atoms with Crippen LogP contribution >= 0.6 is 0 Å². The van der Waals surface area contributed by atoms with E-state index in [-0.39, 0.29) is 0 Å². The number of carbonyl (C=O) groups excluding carboxylic acids is 1. The molecular weight excluding hydrogens is 329 g/mol. The minimum absolute atomic E-state index is 0.399. The number of hydrogen-bond donors (Lipinski definition) is 1. The summed E-state index contributed by atoms with van der Waals surface area (Å²) in [7, 11) is 0. The number of nitrogens with one attached hydrogen (secondary N) is 1. The number of carbonyl (C=O) groups is 1. The van der Waals surface area contributed by atoms with Gasteiger partial charge in [0.15, 0.2) is 5.82 Å². The second kappa shape index (κ2) is 7.17. The van der Waals surface area contributed by atoms with Crippen molar-refractivity contribution < 1.29 is 18.0 Å². The van der Waals surface area contributed by atoms with E-state index in [0.29, 0.717) is 18.2 Å². The van der Waals surface area contributed by atoms with Crippen LogP contribution in [0.3, 0.4) is 0 Å². The smallest absolute Gasteiger partial charge is 0.258 e. The molecule has 0 spiro atoms. The van der Waals surface area contributed by atoms with Gasteiger partial charge < -0.3 is 5.32 Å². The molecule has 0 radical (unpaired) electrons. The molecule has 0 atom stereocenters. The Balaban J connectivity index is 1.79. The molecular formula is C19H13F3N2O. The fourth-order valence-corrected chi connectivity index (χ4v) is 2.42. The molecule has 6 heteroatoms.